The fourth-order valence-electron chi connectivity index (χ4n) is 6.07. The molecule has 0 aliphatic rings. The normalized spacial score (nSPS) is 12.4. The summed E-state index contributed by atoms with van der Waals surface area (Å²) in [7, 11) is -5.14. The van der Waals surface area contributed by atoms with Crippen LogP contribution in [-0.2, 0) is 0 Å². The van der Waals surface area contributed by atoms with E-state index in [1.165, 1.54) is 25.6 Å². The second-order valence-electron chi connectivity index (χ2n) is 10.8. The first-order chi connectivity index (χ1) is 19.5. The number of hydrogen-bond donors (Lipinski definition) is 0. The van der Waals surface area contributed by atoms with Crippen molar-refractivity contribution in [3.05, 3.63) is 168 Å². The first kappa shape index (κ1) is 27.5. The van der Waals surface area contributed by atoms with Crippen molar-refractivity contribution < 1.29 is 4.79 Å². The molecule has 0 N–H and O–H groups in total. The fourth-order valence-corrected chi connectivity index (χ4v) is 18.3. The molecule has 0 heterocycles. The van der Waals surface area contributed by atoms with E-state index < -0.39 is 16.1 Å². The number of Topliss-reactive ketones (excluding diaryl/α,β-unsaturated/α-hetero) is 1. The second-order valence-corrected chi connectivity index (χ2v) is 19.2. The first-order valence-electron chi connectivity index (χ1n) is 14.0. The molecule has 198 valence electrons. The summed E-state index contributed by atoms with van der Waals surface area (Å²) in [6, 6.07) is 53.7. The number of benzene rings is 5. The Morgan fingerprint density at radius 1 is 0.500 bits per heavy atom. The van der Waals surface area contributed by atoms with Gasteiger partial charge >= 0.3 is 0 Å². The lowest BCUT2D eigenvalue weighted by Gasteiger charge is -2.43. The lowest BCUT2D eigenvalue weighted by molar-refractivity contribution is 0.0953. The predicted octanol–water partition coefficient (Wildman–Crippen LogP) is 6.30. The molecule has 0 radical (unpaired) electrons. The van der Waals surface area contributed by atoms with E-state index in [4.69, 9.17) is 0 Å². The van der Waals surface area contributed by atoms with Crippen LogP contribution in [-0.4, -0.2) is 21.9 Å². The zero-order valence-corrected chi connectivity index (χ0v) is 25.5. The van der Waals surface area contributed by atoms with Crippen LogP contribution in [0.25, 0.3) is 0 Å². The molecule has 0 aliphatic heterocycles. The van der Waals surface area contributed by atoms with E-state index in [2.05, 4.69) is 147 Å². The van der Waals surface area contributed by atoms with Gasteiger partial charge in [0.25, 0.3) is 0 Å². The third-order valence-electron chi connectivity index (χ3n) is 8.37. The molecule has 40 heavy (non-hydrogen) atoms. The number of ketones is 1. The van der Waals surface area contributed by atoms with Gasteiger partial charge in [-0.05, 0) is 0 Å². The number of hydrogen-bond acceptors (Lipinski definition) is 1. The van der Waals surface area contributed by atoms with Crippen molar-refractivity contribution in [2.75, 3.05) is 0 Å². The van der Waals surface area contributed by atoms with Crippen LogP contribution in [0.3, 0.4) is 0 Å². The zero-order chi connectivity index (χ0) is 28.0. The van der Waals surface area contributed by atoms with Crippen LogP contribution in [0.2, 0.25) is 13.1 Å². The summed E-state index contributed by atoms with van der Waals surface area (Å²) in [4.78, 5) is 15.3. The molecule has 0 saturated carbocycles. The van der Waals surface area contributed by atoms with Crippen molar-refractivity contribution in [3.8, 4) is 0 Å². The monoisotopic (exact) mass is 552 g/mol. The Kier molecular flexibility index (Phi) is 8.25. The lowest BCUT2D eigenvalue weighted by atomic mass is 10.00. The SMILES string of the molecule is CC(C=C([Si](C)(c1ccccc1)c1ccccc1)[Si](C)(c1ccccc1)c1ccccc1)C(=O)c1ccccc1. The van der Waals surface area contributed by atoms with E-state index >= 15 is 0 Å². The number of rotatable bonds is 9. The minimum absolute atomic E-state index is 0.160. The average molecular weight is 553 g/mol. The molecular weight excluding hydrogens is 517 g/mol. The first-order valence-corrected chi connectivity index (χ1v) is 19.0. The van der Waals surface area contributed by atoms with E-state index in [0.29, 0.717) is 0 Å². The minimum atomic E-state index is -2.57. The molecule has 0 fully saturated rings. The maximum atomic E-state index is 13.9. The Morgan fingerprint density at radius 3 is 1.07 bits per heavy atom. The topological polar surface area (TPSA) is 17.1 Å². The molecule has 1 nitrogen and oxygen atoms in total. The lowest BCUT2D eigenvalue weighted by Crippen LogP contribution is -2.70. The maximum Gasteiger partial charge on any atom is 0.169 e. The Balaban J connectivity index is 1.86. The summed E-state index contributed by atoms with van der Waals surface area (Å²) >= 11 is 0. The standard InChI is InChI=1S/C37H36OSi2/c1-30(37(38)31-19-9-4-10-20-31)29-36(39(2,32-21-11-5-12-22-32)33-23-13-6-14-24-33)40(3,34-25-15-7-16-26-34)35-27-17-8-18-28-35/h4-30H,1-3H3. The van der Waals surface area contributed by atoms with Crippen molar-refractivity contribution in [1.29, 1.82) is 0 Å². The Morgan fingerprint density at radius 2 is 0.775 bits per heavy atom. The van der Waals surface area contributed by atoms with E-state index in [9.17, 15) is 4.79 Å². The van der Waals surface area contributed by atoms with Crippen molar-refractivity contribution in [2.45, 2.75) is 20.0 Å². The van der Waals surface area contributed by atoms with E-state index in [1.807, 2.05) is 30.3 Å². The number of carbonyl (C=O) groups is 1. The fraction of sp³-hybridized carbons (Fsp3) is 0.108. The van der Waals surface area contributed by atoms with Crippen molar-refractivity contribution in [1.82, 2.24) is 0 Å². The molecular formula is C37H36OSi2. The third kappa shape index (κ3) is 5.23. The van der Waals surface area contributed by atoms with Gasteiger partial charge in [-0.1, -0.05) is 203 Å². The van der Waals surface area contributed by atoms with Gasteiger partial charge in [-0.2, -0.15) is 0 Å². The van der Waals surface area contributed by atoms with Crippen LogP contribution in [0.5, 0.6) is 0 Å². The highest BCUT2D eigenvalue weighted by Gasteiger charge is 2.48. The highest BCUT2D eigenvalue weighted by molar-refractivity contribution is 7.24. The smallest absolute Gasteiger partial charge is 0.169 e. The van der Waals surface area contributed by atoms with Gasteiger partial charge in [0.15, 0.2) is 5.78 Å². The van der Waals surface area contributed by atoms with Crippen molar-refractivity contribution in [2.24, 2.45) is 5.92 Å². The highest BCUT2D eigenvalue weighted by Crippen LogP contribution is 2.29. The summed E-state index contributed by atoms with van der Waals surface area (Å²) < 4.78 is 0. The molecule has 5 rings (SSSR count). The molecule has 0 amide bonds. The molecule has 5 aromatic carbocycles. The molecule has 0 saturated heterocycles. The molecule has 1 unspecified atom stereocenters. The predicted molar refractivity (Wildman–Crippen MR) is 176 cm³/mol. The molecule has 1 atom stereocenters. The van der Waals surface area contributed by atoms with Crippen LogP contribution >= 0.6 is 0 Å². The van der Waals surface area contributed by atoms with E-state index in [1.54, 1.807) is 0 Å². The van der Waals surface area contributed by atoms with Gasteiger partial charge in [0.2, 0.25) is 0 Å². The quantitative estimate of drug-likeness (QED) is 0.155. The van der Waals surface area contributed by atoms with Gasteiger partial charge in [-0.15, -0.1) is 0 Å². The summed E-state index contributed by atoms with van der Waals surface area (Å²) in [5.41, 5.74) is 0.760. The van der Waals surface area contributed by atoms with Gasteiger partial charge in [0.05, 0.1) is 0 Å². The van der Waals surface area contributed by atoms with Gasteiger partial charge < -0.3 is 0 Å². The van der Waals surface area contributed by atoms with Crippen LogP contribution < -0.4 is 20.7 Å². The van der Waals surface area contributed by atoms with Crippen molar-refractivity contribution in [3.63, 3.8) is 0 Å². The van der Waals surface area contributed by atoms with Crippen LogP contribution in [0.4, 0.5) is 0 Å². The van der Waals surface area contributed by atoms with E-state index in [-0.39, 0.29) is 11.7 Å². The third-order valence-corrected chi connectivity index (χ3v) is 19.8. The molecule has 0 aliphatic carbocycles. The molecule has 0 bridgehead atoms. The van der Waals surface area contributed by atoms with Gasteiger partial charge in [-0.25, -0.2) is 0 Å². The Labute approximate surface area is 240 Å². The Bertz CT molecular complexity index is 1390. The average Bonchev–Trinajstić information content (AvgIpc) is 3.04. The zero-order valence-electron chi connectivity index (χ0n) is 23.5. The van der Waals surface area contributed by atoms with E-state index in [0.717, 1.165) is 5.56 Å². The molecule has 3 heteroatoms. The second kappa shape index (κ2) is 12.0. The van der Waals surface area contributed by atoms with Gasteiger partial charge in [0.1, 0.15) is 16.1 Å². The van der Waals surface area contributed by atoms with Crippen LogP contribution in [0.1, 0.15) is 17.3 Å². The summed E-state index contributed by atoms with van der Waals surface area (Å²) in [6.45, 7) is 7.05. The van der Waals surface area contributed by atoms with Gasteiger partial charge in [0, 0.05) is 11.5 Å². The number of carbonyl (C=O) groups excluding carboxylic acids is 1. The minimum Gasteiger partial charge on any atom is -0.294 e. The largest absolute Gasteiger partial charge is 0.294 e. The summed E-state index contributed by atoms with van der Waals surface area (Å²) in [5, 5.41) is 5.43. The number of allylic oxidation sites excluding steroid dienone is 1. The Hall–Kier alpha value is -4.06. The highest BCUT2D eigenvalue weighted by atomic mass is 28.4. The van der Waals surface area contributed by atoms with Crippen molar-refractivity contribution >= 4 is 42.7 Å². The molecule has 5 aromatic rings. The molecule has 0 aromatic heterocycles. The van der Waals surface area contributed by atoms with Crippen LogP contribution in [0, 0.1) is 5.92 Å². The summed E-state index contributed by atoms with van der Waals surface area (Å²) in [5.74, 6) is -0.107. The van der Waals surface area contributed by atoms with Gasteiger partial charge in [-0.3, -0.25) is 4.79 Å². The maximum absolute atomic E-state index is 13.9. The summed E-state index contributed by atoms with van der Waals surface area (Å²) in [6.07, 6.45) is 2.37. The molecule has 0 spiro atoms. The van der Waals surface area contributed by atoms with Crippen LogP contribution in [0.15, 0.2) is 163 Å².